The maximum absolute atomic E-state index is 11.9. The molecule has 0 aliphatic heterocycles. The van der Waals surface area contributed by atoms with Crippen molar-refractivity contribution in [3.8, 4) is 0 Å². The lowest BCUT2D eigenvalue weighted by molar-refractivity contribution is -0.384. The van der Waals surface area contributed by atoms with Crippen LogP contribution >= 0.6 is 11.6 Å². The summed E-state index contributed by atoms with van der Waals surface area (Å²) in [6, 6.07) is 10.1. The van der Waals surface area contributed by atoms with Gasteiger partial charge in [0.2, 0.25) is 0 Å². The average molecular weight is 406 g/mol. The van der Waals surface area contributed by atoms with Crippen molar-refractivity contribution in [3.05, 3.63) is 68.7 Å². The fraction of sp³-hybridized carbons (Fsp3) is 0.167. The maximum Gasteiger partial charge on any atom is 0.325 e. The third-order valence-corrected chi connectivity index (χ3v) is 3.82. The summed E-state index contributed by atoms with van der Waals surface area (Å²) in [5.41, 5.74) is 0.991. The van der Waals surface area contributed by atoms with E-state index in [0.29, 0.717) is 16.1 Å². The zero-order valence-corrected chi connectivity index (χ0v) is 15.5. The summed E-state index contributed by atoms with van der Waals surface area (Å²) in [5.74, 6) is -1.97. The number of halogens is 1. The number of aryl methyl sites for hydroxylation is 1. The summed E-state index contributed by atoms with van der Waals surface area (Å²) in [5, 5.41) is 16.1. The van der Waals surface area contributed by atoms with Crippen LogP contribution in [-0.4, -0.2) is 35.9 Å². The minimum Gasteiger partial charge on any atom is -0.454 e. The minimum absolute atomic E-state index is 0.178. The molecule has 0 atom stereocenters. The van der Waals surface area contributed by atoms with Crippen molar-refractivity contribution >= 4 is 40.8 Å². The molecule has 9 nitrogen and oxygen atoms in total. The fourth-order valence-corrected chi connectivity index (χ4v) is 2.22. The molecule has 146 valence electrons. The molecule has 2 N–H and O–H groups in total. The molecule has 0 radical (unpaired) electrons. The highest BCUT2D eigenvalue weighted by Crippen LogP contribution is 2.21. The molecule has 2 rings (SSSR count). The van der Waals surface area contributed by atoms with Crippen molar-refractivity contribution in [1.82, 2.24) is 5.32 Å². The van der Waals surface area contributed by atoms with Crippen LogP contribution in [0, 0.1) is 17.0 Å². The molecule has 0 unspecified atom stereocenters. The number of nitro benzene ring substituents is 1. The Bertz CT molecular complexity index is 914. The number of nitro groups is 1. The Morgan fingerprint density at radius 2 is 1.82 bits per heavy atom. The largest absolute Gasteiger partial charge is 0.454 e. The van der Waals surface area contributed by atoms with Crippen LogP contribution in [0.2, 0.25) is 5.02 Å². The van der Waals surface area contributed by atoms with Gasteiger partial charge in [0.25, 0.3) is 17.5 Å². The summed E-state index contributed by atoms with van der Waals surface area (Å²) in [6.07, 6.45) is 0. The molecule has 0 aliphatic carbocycles. The van der Waals surface area contributed by atoms with E-state index < -0.39 is 35.9 Å². The van der Waals surface area contributed by atoms with Gasteiger partial charge in [0.15, 0.2) is 6.61 Å². The Kier molecular flexibility index (Phi) is 7.05. The number of carbonyl (C=O) groups is 3. The Morgan fingerprint density at radius 1 is 1.14 bits per heavy atom. The molecule has 0 bridgehead atoms. The van der Waals surface area contributed by atoms with E-state index in [-0.39, 0.29) is 11.4 Å². The Hall–Kier alpha value is -3.46. The van der Waals surface area contributed by atoms with Gasteiger partial charge in [-0.15, -0.1) is 0 Å². The molecule has 2 amide bonds. The summed E-state index contributed by atoms with van der Waals surface area (Å²) < 4.78 is 4.78. The second-order valence-corrected chi connectivity index (χ2v) is 6.09. The van der Waals surface area contributed by atoms with Gasteiger partial charge in [-0.1, -0.05) is 17.7 Å². The average Bonchev–Trinajstić information content (AvgIpc) is 2.66. The van der Waals surface area contributed by atoms with Crippen LogP contribution in [0.15, 0.2) is 42.5 Å². The summed E-state index contributed by atoms with van der Waals surface area (Å²) in [7, 11) is 0. The number of hydrogen-bond donors (Lipinski definition) is 2. The summed E-state index contributed by atoms with van der Waals surface area (Å²) >= 11 is 5.73. The van der Waals surface area contributed by atoms with Gasteiger partial charge in [-0.05, 0) is 36.8 Å². The number of non-ortho nitro benzene ring substituents is 1. The van der Waals surface area contributed by atoms with E-state index in [1.54, 1.807) is 6.92 Å². The van der Waals surface area contributed by atoms with Gasteiger partial charge in [-0.25, -0.2) is 0 Å². The molecular formula is C18H16ClN3O6. The van der Waals surface area contributed by atoms with Gasteiger partial charge < -0.3 is 15.4 Å². The number of amides is 2. The minimum atomic E-state index is -0.812. The van der Waals surface area contributed by atoms with E-state index >= 15 is 0 Å². The Morgan fingerprint density at radius 3 is 2.46 bits per heavy atom. The molecule has 2 aromatic carbocycles. The van der Waals surface area contributed by atoms with Crippen molar-refractivity contribution in [2.24, 2.45) is 0 Å². The second-order valence-electron chi connectivity index (χ2n) is 5.65. The van der Waals surface area contributed by atoms with Crippen LogP contribution in [0.5, 0.6) is 0 Å². The monoisotopic (exact) mass is 405 g/mol. The number of nitrogens with one attached hydrogen (secondary N) is 2. The van der Waals surface area contributed by atoms with E-state index in [0.717, 1.165) is 0 Å². The molecule has 0 fully saturated rings. The molecule has 10 heteroatoms. The summed E-state index contributed by atoms with van der Waals surface area (Å²) in [4.78, 5) is 45.6. The molecule has 2 aromatic rings. The third-order valence-electron chi connectivity index (χ3n) is 3.57. The van der Waals surface area contributed by atoms with Crippen LogP contribution in [0.1, 0.15) is 15.9 Å². The van der Waals surface area contributed by atoms with Crippen molar-refractivity contribution in [2.75, 3.05) is 18.5 Å². The lowest BCUT2D eigenvalue weighted by atomic mass is 10.2. The maximum atomic E-state index is 11.9. The van der Waals surface area contributed by atoms with Gasteiger partial charge in [0.05, 0.1) is 10.6 Å². The zero-order chi connectivity index (χ0) is 20.7. The Balaban J connectivity index is 1.80. The highest BCUT2D eigenvalue weighted by molar-refractivity contribution is 6.30. The highest BCUT2D eigenvalue weighted by Gasteiger charge is 2.13. The van der Waals surface area contributed by atoms with E-state index in [1.165, 1.54) is 42.5 Å². The molecule has 0 aromatic heterocycles. The van der Waals surface area contributed by atoms with Gasteiger partial charge in [0.1, 0.15) is 6.54 Å². The first-order valence-electron chi connectivity index (χ1n) is 8.00. The quantitative estimate of drug-likeness (QED) is 0.413. The molecule has 0 spiro atoms. The second kappa shape index (κ2) is 9.47. The number of esters is 1. The van der Waals surface area contributed by atoms with Crippen molar-refractivity contribution in [2.45, 2.75) is 6.92 Å². The number of rotatable bonds is 7. The number of carbonyl (C=O) groups excluding carboxylic acids is 3. The van der Waals surface area contributed by atoms with Crippen LogP contribution in [0.3, 0.4) is 0 Å². The van der Waals surface area contributed by atoms with Gasteiger partial charge in [0, 0.05) is 22.7 Å². The molecule has 0 heterocycles. The molecule has 0 aliphatic rings. The molecular weight excluding hydrogens is 390 g/mol. The molecule has 0 saturated carbocycles. The first-order chi connectivity index (χ1) is 13.3. The highest BCUT2D eigenvalue weighted by atomic mass is 35.5. The Labute approximate surface area is 164 Å². The van der Waals surface area contributed by atoms with Crippen LogP contribution in [-0.2, 0) is 14.3 Å². The number of hydrogen-bond acceptors (Lipinski definition) is 6. The third kappa shape index (κ3) is 6.06. The van der Waals surface area contributed by atoms with Crippen molar-refractivity contribution in [1.29, 1.82) is 0 Å². The molecule has 0 saturated heterocycles. The van der Waals surface area contributed by atoms with Crippen LogP contribution < -0.4 is 10.6 Å². The number of nitrogens with zero attached hydrogens (tertiary/aromatic N) is 1. The van der Waals surface area contributed by atoms with Gasteiger partial charge in [-0.2, -0.15) is 0 Å². The predicted octanol–water partition coefficient (Wildman–Crippen LogP) is 2.47. The van der Waals surface area contributed by atoms with Crippen LogP contribution in [0.4, 0.5) is 11.4 Å². The van der Waals surface area contributed by atoms with Gasteiger partial charge in [-0.3, -0.25) is 24.5 Å². The SMILES string of the molecule is Cc1ccc([N+](=O)[O-])cc1NC(=O)COC(=O)CNC(=O)c1ccc(Cl)cc1. The van der Waals surface area contributed by atoms with E-state index in [2.05, 4.69) is 10.6 Å². The smallest absolute Gasteiger partial charge is 0.325 e. The predicted molar refractivity (Wildman–Crippen MR) is 101 cm³/mol. The van der Waals surface area contributed by atoms with E-state index in [1.807, 2.05) is 0 Å². The number of ether oxygens (including phenoxy) is 1. The lowest BCUT2D eigenvalue weighted by Gasteiger charge is -2.09. The normalized spacial score (nSPS) is 10.1. The van der Waals surface area contributed by atoms with Crippen molar-refractivity contribution < 1.29 is 24.0 Å². The molecule has 28 heavy (non-hydrogen) atoms. The van der Waals surface area contributed by atoms with Crippen LogP contribution in [0.25, 0.3) is 0 Å². The first kappa shape index (κ1) is 20.8. The topological polar surface area (TPSA) is 128 Å². The fourth-order valence-electron chi connectivity index (χ4n) is 2.10. The zero-order valence-electron chi connectivity index (χ0n) is 14.7. The van der Waals surface area contributed by atoms with E-state index in [4.69, 9.17) is 16.3 Å². The van der Waals surface area contributed by atoms with Gasteiger partial charge >= 0.3 is 5.97 Å². The van der Waals surface area contributed by atoms with E-state index in [9.17, 15) is 24.5 Å². The standard InChI is InChI=1S/C18H16ClN3O6/c1-11-2-7-14(22(26)27)8-15(11)21-16(23)10-28-17(24)9-20-18(25)12-3-5-13(19)6-4-12/h2-8H,9-10H2,1H3,(H,20,25)(H,21,23). The number of anilines is 1. The van der Waals surface area contributed by atoms with Crippen molar-refractivity contribution in [3.63, 3.8) is 0 Å². The lowest BCUT2D eigenvalue weighted by Crippen LogP contribution is -2.32. The first-order valence-corrected chi connectivity index (χ1v) is 8.38. The summed E-state index contributed by atoms with van der Waals surface area (Å²) in [6.45, 7) is 0.639. The number of benzene rings is 2.